The largest absolute Gasteiger partial charge is 0.328 e. The molecule has 1 saturated carbocycles. The molecule has 0 aromatic carbocycles. The Bertz CT molecular complexity index is 332. The van der Waals surface area contributed by atoms with Crippen molar-refractivity contribution in [3.63, 3.8) is 0 Å². The van der Waals surface area contributed by atoms with Gasteiger partial charge in [-0.15, -0.1) is 0 Å². The lowest BCUT2D eigenvalue weighted by atomic mass is 9.93. The minimum Gasteiger partial charge on any atom is -0.328 e. The van der Waals surface area contributed by atoms with Gasteiger partial charge in [0.1, 0.15) is 0 Å². The molecule has 1 saturated heterocycles. The molecule has 2 aliphatic rings. The van der Waals surface area contributed by atoms with E-state index < -0.39 is 10.2 Å². The third-order valence-electron chi connectivity index (χ3n) is 3.50. The summed E-state index contributed by atoms with van der Waals surface area (Å²) in [5.41, 5.74) is 5.81. The van der Waals surface area contributed by atoms with Gasteiger partial charge in [-0.2, -0.15) is 17.4 Å². The van der Waals surface area contributed by atoms with E-state index in [9.17, 15) is 8.42 Å². The number of rotatable bonds is 3. The lowest BCUT2D eigenvalue weighted by Gasteiger charge is -2.31. The summed E-state index contributed by atoms with van der Waals surface area (Å²) in [4.78, 5) is 0. The average Bonchev–Trinajstić information content (AvgIpc) is 2.33. The van der Waals surface area contributed by atoms with Crippen LogP contribution < -0.4 is 15.8 Å². The fraction of sp³-hybridized carbons (Fsp3) is 1.00. The molecule has 0 atom stereocenters. The second-order valence-corrected chi connectivity index (χ2v) is 6.59. The number of hydrogen-bond donors (Lipinski definition) is 3. The maximum Gasteiger partial charge on any atom is 0.279 e. The molecule has 6 nitrogen and oxygen atoms in total. The Kier molecular flexibility index (Phi) is 4.37. The number of hydrogen-bond acceptors (Lipinski definition) is 4. The van der Waals surface area contributed by atoms with E-state index >= 15 is 0 Å². The molecule has 0 bridgehead atoms. The van der Waals surface area contributed by atoms with Crippen LogP contribution in [0.1, 0.15) is 25.7 Å². The SMILES string of the molecule is NC1CCC(NS(=O)(=O)N2CCNCC2)CC1. The third-order valence-corrected chi connectivity index (χ3v) is 5.18. The first-order valence-electron chi connectivity index (χ1n) is 6.31. The van der Waals surface area contributed by atoms with Gasteiger partial charge in [-0.3, -0.25) is 0 Å². The summed E-state index contributed by atoms with van der Waals surface area (Å²) in [6.45, 7) is 2.58. The molecule has 0 amide bonds. The van der Waals surface area contributed by atoms with Gasteiger partial charge in [-0.05, 0) is 25.7 Å². The normalized spacial score (nSPS) is 32.5. The number of nitrogens with one attached hydrogen (secondary N) is 2. The standard InChI is InChI=1S/C10H22N4O2S/c11-9-1-3-10(4-2-9)13-17(15,16)14-7-5-12-6-8-14/h9-10,12-13H,1-8,11H2. The molecule has 0 radical (unpaired) electrons. The van der Waals surface area contributed by atoms with Crippen LogP contribution in [0.4, 0.5) is 0 Å². The maximum absolute atomic E-state index is 12.1. The van der Waals surface area contributed by atoms with Crippen LogP contribution in [-0.4, -0.2) is 51.0 Å². The van der Waals surface area contributed by atoms with Crippen LogP contribution in [-0.2, 0) is 10.2 Å². The topological polar surface area (TPSA) is 87.5 Å². The van der Waals surface area contributed by atoms with Crippen LogP contribution in [0.3, 0.4) is 0 Å². The Morgan fingerprint density at radius 2 is 1.71 bits per heavy atom. The molecule has 0 aromatic rings. The van der Waals surface area contributed by atoms with Crippen molar-refractivity contribution in [3.8, 4) is 0 Å². The highest BCUT2D eigenvalue weighted by Crippen LogP contribution is 2.18. The van der Waals surface area contributed by atoms with Crippen molar-refractivity contribution < 1.29 is 8.42 Å². The van der Waals surface area contributed by atoms with Crippen molar-refractivity contribution >= 4 is 10.2 Å². The molecule has 1 aliphatic carbocycles. The summed E-state index contributed by atoms with van der Waals surface area (Å²) in [6.07, 6.45) is 3.53. The van der Waals surface area contributed by atoms with Crippen molar-refractivity contribution in [2.24, 2.45) is 5.73 Å². The first-order valence-corrected chi connectivity index (χ1v) is 7.75. The lowest BCUT2D eigenvalue weighted by Crippen LogP contribution is -2.53. The highest BCUT2D eigenvalue weighted by atomic mass is 32.2. The minimum atomic E-state index is -3.30. The first kappa shape index (κ1) is 13.2. The van der Waals surface area contributed by atoms with Gasteiger partial charge in [0.05, 0.1) is 0 Å². The molecule has 100 valence electrons. The molecular formula is C10H22N4O2S. The van der Waals surface area contributed by atoms with Crippen LogP contribution in [0.2, 0.25) is 0 Å². The molecule has 0 unspecified atom stereocenters. The molecule has 0 spiro atoms. The quantitative estimate of drug-likeness (QED) is 0.608. The van der Waals surface area contributed by atoms with E-state index in [1.54, 1.807) is 0 Å². The molecule has 1 aliphatic heterocycles. The van der Waals surface area contributed by atoms with E-state index in [1.807, 2.05) is 0 Å². The lowest BCUT2D eigenvalue weighted by molar-refractivity contribution is 0.333. The van der Waals surface area contributed by atoms with E-state index in [1.165, 1.54) is 4.31 Å². The van der Waals surface area contributed by atoms with Gasteiger partial charge in [0, 0.05) is 38.3 Å². The number of nitrogens with zero attached hydrogens (tertiary/aromatic N) is 1. The Morgan fingerprint density at radius 3 is 2.29 bits per heavy atom. The Labute approximate surface area is 103 Å². The molecule has 7 heteroatoms. The van der Waals surface area contributed by atoms with Crippen molar-refractivity contribution in [1.82, 2.24) is 14.3 Å². The summed E-state index contributed by atoms with van der Waals surface area (Å²) in [7, 11) is -3.30. The molecule has 4 N–H and O–H groups in total. The third kappa shape index (κ3) is 3.62. The summed E-state index contributed by atoms with van der Waals surface area (Å²) >= 11 is 0. The highest BCUT2D eigenvalue weighted by Gasteiger charge is 2.28. The van der Waals surface area contributed by atoms with Crippen molar-refractivity contribution in [3.05, 3.63) is 0 Å². The Hall–Kier alpha value is -0.210. The summed E-state index contributed by atoms with van der Waals surface area (Å²) in [5, 5.41) is 3.15. The highest BCUT2D eigenvalue weighted by molar-refractivity contribution is 7.87. The van der Waals surface area contributed by atoms with Gasteiger partial charge in [-0.25, -0.2) is 0 Å². The number of nitrogens with two attached hydrogens (primary N) is 1. The Morgan fingerprint density at radius 1 is 1.12 bits per heavy atom. The van der Waals surface area contributed by atoms with Crippen molar-refractivity contribution in [1.29, 1.82) is 0 Å². The maximum atomic E-state index is 12.1. The second-order valence-electron chi connectivity index (χ2n) is 4.88. The van der Waals surface area contributed by atoms with Gasteiger partial charge < -0.3 is 11.1 Å². The van der Waals surface area contributed by atoms with Crippen molar-refractivity contribution in [2.45, 2.75) is 37.8 Å². The van der Waals surface area contributed by atoms with E-state index in [0.717, 1.165) is 38.8 Å². The van der Waals surface area contributed by atoms with E-state index in [0.29, 0.717) is 13.1 Å². The Balaban J connectivity index is 1.88. The smallest absolute Gasteiger partial charge is 0.279 e. The molecule has 0 aromatic heterocycles. The summed E-state index contributed by atoms with van der Waals surface area (Å²) in [6, 6.07) is 0.310. The van der Waals surface area contributed by atoms with E-state index in [-0.39, 0.29) is 12.1 Å². The van der Waals surface area contributed by atoms with Crippen molar-refractivity contribution in [2.75, 3.05) is 26.2 Å². The monoisotopic (exact) mass is 262 g/mol. The molecule has 17 heavy (non-hydrogen) atoms. The predicted molar refractivity (Wildman–Crippen MR) is 66.7 cm³/mol. The van der Waals surface area contributed by atoms with Gasteiger partial charge in [0.25, 0.3) is 10.2 Å². The van der Waals surface area contributed by atoms with Gasteiger partial charge >= 0.3 is 0 Å². The van der Waals surface area contributed by atoms with Crippen LogP contribution in [0.25, 0.3) is 0 Å². The molecule has 1 heterocycles. The zero-order chi connectivity index (χ0) is 12.3. The molecule has 2 fully saturated rings. The summed E-state index contributed by atoms with van der Waals surface area (Å²) < 4.78 is 28.5. The fourth-order valence-electron chi connectivity index (χ4n) is 2.41. The minimum absolute atomic E-state index is 0.0645. The van der Waals surface area contributed by atoms with Crippen LogP contribution in [0.15, 0.2) is 0 Å². The van der Waals surface area contributed by atoms with Crippen LogP contribution in [0.5, 0.6) is 0 Å². The molecular weight excluding hydrogens is 240 g/mol. The van der Waals surface area contributed by atoms with Crippen LogP contribution >= 0.6 is 0 Å². The van der Waals surface area contributed by atoms with Crippen LogP contribution in [0, 0.1) is 0 Å². The van der Waals surface area contributed by atoms with Gasteiger partial charge in [0.15, 0.2) is 0 Å². The zero-order valence-electron chi connectivity index (χ0n) is 10.1. The fourth-order valence-corrected chi connectivity index (χ4v) is 3.88. The average molecular weight is 262 g/mol. The first-order chi connectivity index (χ1) is 8.08. The van der Waals surface area contributed by atoms with E-state index in [2.05, 4.69) is 10.0 Å². The second kappa shape index (κ2) is 5.62. The van der Waals surface area contributed by atoms with Gasteiger partial charge in [-0.1, -0.05) is 0 Å². The molecule has 2 rings (SSSR count). The zero-order valence-corrected chi connectivity index (χ0v) is 10.9. The predicted octanol–water partition coefficient (Wildman–Crippen LogP) is -1.00. The number of piperazine rings is 1. The van der Waals surface area contributed by atoms with E-state index in [4.69, 9.17) is 5.73 Å². The summed E-state index contributed by atoms with van der Waals surface area (Å²) in [5.74, 6) is 0. The van der Waals surface area contributed by atoms with Gasteiger partial charge in [0.2, 0.25) is 0 Å².